The largest absolute Gasteiger partial charge is 0.324 e. The van der Waals surface area contributed by atoms with Gasteiger partial charge in [0.2, 0.25) is 0 Å². The highest BCUT2D eigenvalue weighted by Crippen LogP contribution is 2.23. The van der Waals surface area contributed by atoms with E-state index in [9.17, 15) is 13.6 Å². The normalized spacial score (nSPS) is 14.0. The first-order chi connectivity index (χ1) is 10.1. The summed E-state index contributed by atoms with van der Waals surface area (Å²) in [6.45, 7) is 1.76. The van der Waals surface area contributed by atoms with Crippen molar-refractivity contribution >= 4 is 5.78 Å². The molecule has 1 aliphatic rings. The molecule has 1 heterocycles. The fourth-order valence-corrected chi connectivity index (χ4v) is 2.93. The van der Waals surface area contributed by atoms with Crippen LogP contribution in [0.3, 0.4) is 0 Å². The Labute approximate surface area is 121 Å². The van der Waals surface area contributed by atoms with Crippen LogP contribution in [-0.4, -0.2) is 15.3 Å². The minimum Gasteiger partial charge on any atom is -0.324 e. The lowest BCUT2D eigenvalue weighted by molar-refractivity contribution is 0.0962. The molecule has 1 aromatic carbocycles. The van der Waals surface area contributed by atoms with Gasteiger partial charge in [-0.25, -0.2) is 13.8 Å². The average Bonchev–Trinajstić information content (AvgIpc) is 2.75. The number of halogens is 2. The van der Waals surface area contributed by atoms with Crippen molar-refractivity contribution in [1.29, 1.82) is 0 Å². The number of aromatic nitrogens is 2. The van der Waals surface area contributed by atoms with E-state index in [0.29, 0.717) is 0 Å². The van der Waals surface area contributed by atoms with Crippen LogP contribution in [0, 0.1) is 18.6 Å². The summed E-state index contributed by atoms with van der Waals surface area (Å²) in [5.74, 6) is -1.45. The van der Waals surface area contributed by atoms with Crippen molar-refractivity contribution in [3.8, 4) is 0 Å². The van der Waals surface area contributed by atoms with Gasteiger partial charge in [0.1, 0.15) is 17.5 Å². The quantitative estimate of drug-likeness (QED) is 0.813. The Hall–Kier alpha value is -2.04. The first kappa shape index (κ1) is 13.9. The maximum absolute atomic E-state index is 13.7. The molecule has 5 heteroatoms. The fraction of sp³-hybridized carbons (Fsp3) is 0.375. The van der Waals surface area contributed by atoms with Crippen LogP contribution in [0.1, 0.15) is 40.4 Å². The Kier molecular flexibility index (Phi) is 3.57. The summed E-state index contributed by atoms with van der Waals surface area (Å²) in [5, 5.41) is 0. The molecule has 0 bridgehead atoms. The Morgan fingerprint density at radius 2 is 1.90 bits per heavy atom. The third-order valence-corrected chi connectivity index (χ3v) is 3.97. The first-order valence-electron chi connectivity index (χ1n) is 7.10. The van der Waals surface area contributed by atoms with Gasteiger partial charge in [-0.05, 0) is 44.7 Å². The number of fused-ring (bicyclic) bond motifs is 1. The molecule has 0 atom stereocenters. The smallest absolute Gasteiger partial charge is 0.188 e. The van der Waals surface area contributed by atoms with Gasteiger partial charge in [0.25, 0.3) is 0 Å². The van der Waals surface area contributed by atoms with Gasteiger partial charge in [-0.3, -0.25) is 4.79 Å². The number of Topliss-reactive ketones (excluding diaryl/α,β-unsaturated/α-hetero) is 1. The van der Waals surface area contributed by atoms with E-state index in [4.69, 9.17) is 0 Å². The van der Waals surface area contributed by atoms with Gasteiger partial charge in [-0.1, -0.05) is 6.07 Å². The Morgan fingerprint density at radius 3 is 2.62 bits per heavy atom. The molecule has 0 aliphatic heterocycles. The van der Waals surface area contributed by atoms with Crippen LogP contribution in [0.5, 0.6) is 0 Å². The van der Waals surface area contributed by atoms with Crippen LogP contribution in [0.25, 0.3) is 0 Å². The number of hydrogen-bond donors (Lipinski definition) is 0. The molecule has 3 rings (SSSR count). The minimum absolute atomic E-state index is 0.0635. The van der Waals surface area contributed by atoms with Gasteiger partial charge in [0, 0.05) is 5.69 Å². The Morgan fingerprint density at radius 1 is 1.24 bits per heavy atom. The number of carbonyl (C=O) groups excluding carboxylic acids is 1. The summed E-state index contributed by atoms with van der Waals surface area (Å²) in [4.78, 5) is 16.7. The van der Waals surface area contributed by atoms with Gasteiger partial charge in [0.05, 0.1) is 17.8 Å². The maximum atomic E-state index is 13.7. The number of benzene rings is 1. The molecule has 0 saturated heterocycles. The summed E-state index contributed by atoms with van der Waals surface area (Å²) in [7, 11) is 0. The van der Waals surface area contributed by atoms with Crippen LogP contribution in [0.4, 0.5) is 8.78 Å². The number of nitrogens with zero attached hydrogens (tertiary/aromatic N) is 2. The van der Waals surface area contributed by atoms with Crippen molar-refractivity contribution in [2.75, 3.05) is 0 Å². The highest BCUT2D eigenvalue weighted by Gasteiger charge is 2.22. The SMILES string of the molecule is Cc1nc2c(n1CC(=O)c1c(F)cccc1F)CCCC2. The highest BCUT2D eigenvalue weighted by molar-refractivity contribution is 5.96. The number of imidazole rings is 1. The summed E-state index contributed by atoms with van der Waals surface area (Å²) in [6, 6.07) is 3.46. The molecule has 1 aromatic heterocycles. The van der Waals surface area contributed by atoms with Crippen LogP contribution in [0.15, 0.2) is 18.2 Å². The lowest BCUT2D eigenvalue weighted by atomic mass is 10.0. The third-order valence-electron chi connectivity index (χ3n) is 3.97. The van der Waals surface area contributed by atoms with Gasteiger partial charge in [-0.2, -0.15) is 0 Å². The summed E-state index contributed by atoms with van der Waals surface area (Å²) < 4.78 is 29.2. The molecule has 0 N–H and O–H groups in total. The van der Waals surface area contributed by atoms with Crippen LogP contribution >= 0.6 is 0 Å². The summed E-state index contributed by atoms with van der Waals surface area (Å²) in [6.07, 6.45) is 3.92. The van der Waals surface area contributed by atoms with E-state index in [2.05, 4.69) is 4.98 Å². The molecule has 2 aromatic rings. The number of aryl methyl sites for hydroxylation is 2. The molecule has 21 heavy (non-hydrogen) atoms. The Bertz CT molecular complexity index is 686. The van der Waals surface area contributed by atoms with Gasteiger partial charge in [-0.15, -0.1) is 0 Å². The predicted molar refractivity (Wildman–Crippen MR) is 74.3 cm³/mol. The van der Waals surface area contributed by atoms with E-state index < -0.39 is 23.0 Å². The second-order valence-corrected chi connectivity index (χ2v) is 5.37. The number of carbonyl (C=O) groups is 1. The zero-order valence-corrected chi connectivity index (χ0v) is 11.8. The molecule has 1 aliphatic carbocycles. The zero-order chi connectivity index (χ0) is 15.0. The Balaban J connectivity index is 1.94. The van der Waals surface area contributed by atoms with Crippen LogP contribution < -0.4 is 0 Å². The monoisotopic (exact) mass is 290 g/mol. The maximum Gasteiger partial charge on any atom is 0.188 e. The lowest BCUT2D eigenvalue weighted by Crippen LogP contribution is -2.18. The number of ketones is 1. The van der Waals surface area contributed by atoms with Gasteiger partial charge >= 0.3 is 0 Å². The lowest BCUT2D eigenvalue weighted by Gasteiger charge is -2.14. The second kappa shape index (κ2) is 5.39. The fourth-order valence-electron chi connectivity index (χ4n) is 2.93. The first-order valence-corrected chi connectivity index (χ1v) is 7.10. The van der Waals surface area contributed by atoms with Gasteiger partial charge < -0.3 is 4.57 Å². The second-order valence-electron chi connectivity index (χ2n) is 5.37. The molecular weight excluding hydrogens is 274 g/mol. The molecule has 0 amide bonds. The van der Waals surface area contributed by atoms with Crippen molar-refractivity contribution in [3.63, 3.8) is 0 Å². The zero-order valence-electron chi connectivity index (χ0n) is 11.8. The predicted octanol–water partition coefficient (Wildman–Crippen LogP) is 3.23. The molecule has 0 spiro atoms. The third kappa shape index (κ3) is 2.48. The van der Waals surface area contributed by atoms with Crippen molar-refractivity contribution in [2.24, 2.45) is 0 Å². The molecule has 110 valence electrons. The van der Waals surface area contributed by atoms with E-state index in [0.717, 1.165) is 55.0 Å². The van der Waals surface area contributed by atoms with Crippen LogP contribution in [-0.2, 0) is 19.4 Å². The van der Waals surface area contributed by atoms with Crippen molar-refractivity contribution in [2.45, 2.75) is 39.2 Å². The van der Waals surface area contributed by atoms with Crippen molar-refractivity contribution in [3.05, 3.63) is 52.6 Å². The number of rotatable bonds is 3. The van der Waals surface area contributed by atoms with Crippen molar-refractivity contribution in [1.82, 2.24) is 9.55 Å². The highest BCUT2D eigenvalue weighted by atomic mass is 19.1. The average molecular weight is 290 g/mol. The van der Waals surface area contributed by atoms with Gasteiger partial charge in [0.15, 0.2) is 5.78 Å². The molecule has 0 saturated carbocycles. The number of hydrogen-bond acceptors (Lipinski definition) is 2. The van der Waals surface area contributed by atoms with E-state index in [1.165, 1.54) is 6.07 Å². The molecular formula is C16H16F2N2O. The van der Waals surface area contributed by atoms with E-state index in [1.54, 1.807) is 4.57 Å². The van der Waals surface area contributed by atoms with Crippen LogP contribution in [0.2, 0.25) is 0 Å². The van der Waals surface area contributed by atoms with Crippen molar-refractivity contribution < 1.29 is 13.6 Å². The molecule has 3 nitrogen and oxygen atoms in total. The van der Waals surface area contributed by atoms with E-state index in [-0.39, 0.29) is 6.54 Å². The standard InChI is InChI=1S/C16H16F2N2O/c1-10-19-13-7-2-3-8-14(13)20(10)9-15(21)16-11(17)5-4-6-12(16)18/h4-6H,2-3,7-9H2,1H3. The summed E-state index contributed by atoms with van der Waals surface area (Å²) in [5.41, 5.74) is 1.58. The molecule has 0 radical (unpaired) electrons. The molecule has 0 unspecified atom stereocenters. The summed E-state index contributed by atoms with van der Waals surface area (Å²) >= 11 is 0. The molecule has 0 fully saturated rings. The van der Waals surface area contributed by atoms with E-state index in [1.807, 2.05) is 6.92 Å². The minimum atomic E-state index is -0.813. The van der Waals surface area contributed by atoms with E-state index >= 15 is 0 Å². The topological polar surface area (TPSA) is 34.9 Å².